The number of halogens is 1. The summed E-state index contributed by atoms with van der Waals surface area (Å²) in [4.78, 5) is 0. The minimum Gasteiger partial charge on any atom is -1.00 e. The van der Waals surface area contributed by atoms with E-state index in [4.69, 9.17) is 4.74 Å². The Balaban J connectivity index is 0.00000112. The molecule has 0 atom stereocenters. The van der Waals surface area contributed by atoms with Gasteiger partial charge in [-0.05, 0) is 12.1 Å². The summed E-state index contributed by atoms with van der Waals surface area (Å²) in [6.07, 6.45) is 3.65. The molecule has 0 spiro atoms. The van der Waals surface area contributed by atoms with Crippen molar-refractivity contribution < 1.29 is 21.7 Å². The van der Waals surface area contributed by atoms with Crippen molar-refractivity contribution in [2.75, 3.05) is 7.11 Å². The minimum absolute atomic E-state index is 0. The molecule has 0 aliphatic rings. The van der Waals surface area contributed by atoms with Gasteiger partial charge in [0.05, 0.1) is 0 Å². The van der Waals surface area contributed by atoms with Crippen molar-refractivity contribution in [3.63, 3.8) is 0 Å². The van der Waals surface area contributed by atoms with Gasteiger partial charge in [0.15, 0.2) is 0 Å². The molecular weight excluding hydrogens is 214 g/mol. The normalized spacial score (nSPS) is 9.67. The molecule has 2 aromatic rings. The van der Waals surface area contributed by atoms with Gasteiger partial charge < -0.3 is 17.1 Å². The van der Waals surface area contributed by atoms with E-state index in [1.165, 1.54) is 0 Å². The number of hydrogen-bond acceptors (Lipinski definition) is 2. The van der Waals surface area contributed by atoms with Gasteiger partial charge in [0.2, 0.25) is 13.1 Å². The molecule has 1 aromatic carbocycles. The molecule has 4 nitrogen and oxygen atoms in total. The van der Waals surface area contributed by atoms with E-state index in [0.717, 1.165) is 5.69 Å². The fourth-order valence-electron chi connectivity index (χ4n) is 1.26. The zero-order valence-corrected chi connectivity index (χ0v) is 9.13. The van der Waals surface area contributed by atoms with Gasteiger partial charge in [0, 0.05) is 12.2 Å². The zero-order valence-electron chi connectivity index (χ0n) is 8.38. The monoisotopic (exact) mass is 225 g/mol. The van der Waals surface area contributed by atoms with Gasteiger partial charge in [-0.15, -0.1) is 0 Å². The summed E-state index contributed by atoms with van der Waals surface area (Å²) >= 11 is 0. The number of ether oxygens (including phenoxy) is 1. The van der Waals surface area contributed by atoms with E-state index in [0.29, 0.717) is 6.73 Å². The smallest absolute Gasteiger partial charge is 0.270 e. The summed E-state index contributed by atoms with van der Waals surface area (Å²) in [7, 11) is 1.65. The first-order chi connectivity index (χ1) is 6.90. The lowest BCUT2D eigenvalue weighted by atomic mass is 10.3. The Morgan fingerprint density at radius 1 is 1.33 bits per heavy atom. The van der Waals surface area contributed by atoms with Crippen LogP contribution in [0, 0.1) is 0 Å². The molecule has 0 N–H and O–H groups in total. The van der Waals surface area contributed by atoms with Crippen molar-refractivity contribution in [1.29, 1.82) is 0 Å². The molecule has 0 unspecified atom stereocenters. The van der Waals surface area contributed by atoms with Crippen molar-refractivity contribution in [3.8, 4) is 5.69 Å². The SMILES string of the molecule is COCn1c[n+](-c2ccccc2)cn1.[Cl-]. The molecular formula is C10H12ClN3O. The Morgan fingerprint density at radius 3 is 2.73 bits per heavy atom. The van der Waals surface area contributed by atoms with E-state index >= 15 is 0 Å². The van der Waals surface area contributed by atoms with Crippen LogP contribution in [-0.2, 0) is 11.5 Å². The van der Waals surface area contributed by atoms with Crippen LogP contribution in [0.4, 0.5) is 0 Å². The number of benzene rings is 1. The van der Waals surface area contributed by atoms with Gasteiger partial charge in [0.25, 0.3) is 6.33 Å². The first-order valence-electron chi connectivity index (χ1n) is 4.38. The van der Waals surface area contributed by atoms with Crippen LogP contribution in [-0.4, -0.2) is 16.9 Å². The van der Waals surface area contributed by atoms with Crippen LogP contribution in [0.15, 0.2) is 43.0 Å². The summed E-state index contributed by atoms with van der Waals surface area (Å²) in [5.41, 5.74) is 1.09. The zero-order chi connectivity index (χ0) is 9.80. The van der Waals surface area contributed by atoms with Crippen LogP contribution >= 0.6 is 0 Å². The summed E-state index contributed by atoms with van der Waals surface area (Å²) in [6, 6.07) is 10.0. The molecule has 5 heteroatoms. The fraction of sp³-hybridized carbons (Fsp3) is 0.200. The van der Waals surface area contributed by atoms with Crippen molar-refractivity contribution in [1.82, 2.24) is 9.78 Å². The Kier molecular flexibility index (Phi) is 4.27. The summed E-state index contributed by atoms with van der Waals surface area (Å²) in [6.45, 7) is 0.472. The molecule has 0 aliphatic carbocycles. The summed E-state index contributed by atoms with van der Waals surface area (Å²) in [5, 5.41) is 4.14. The second-order valence-electron chi connectivity index (χ2n) is 2.95. The standard InChI is InChI=1S/C10H12N3O.ClH/c1-14-9-13-8-12(7-11-13)10-5-3-2-4-6-10;/h2-8H,9H2,1H3;1H/q+1;/p-1. The Hall–Kier alpha value is -1.39. The maximum Gasteiger partial charge on any atom is 0.270 e. The third kappa shape index (κ3) is 2.78. The first kappa shape index (κ1) is 11.7. The topological polar surface area (TPSA) is 30.9 Å². The molecule has 0 radical (unpaired) electrons. The molecule has 1 heterocycles. The van der Waals surface area contributed by atoms with Crippen LogP contribution < -0.4 is 17.0 Å². The predicted molar refractivity (Wildman–Crippen MR) is 50.8 cm³/mol. The second-order valence-corrected chi connectivity index (χ2v) is 2.95. The maximum atomic E-state index is 4.96. The molecule has 0 saturated heterocycles. The van der Waals surface area contributed by atoms with Gasteiger partial charge in [-0.3, -0.25) is 0 Å². The Bertz CT molecular complexity index is 402. The molecule has 80 valence electrons. The van der Waals surface area contributed by atoms with Crippen molar-refractivity contribution >= 4 is 0 Å². The van der Waals surface area contributed by atoms with Gasteiger partial charge in [-0.2, -0.15) is 0 Å². The summed E-state index contributed by atoms with van der Waals surface area (Å²) < 4.78 is 8.64. The molecule has 0 bridgehead atoms. The van der Waals surface area contributed by atoms with Crippen LogP contribution in [0.25, 0.3) is 5.69 Å². The van der Waals surface area contributed by atoms with Crippen molar-refractivity contribution in [2.24, 2.45) is 0 Å². The minimum atomic E-state index is 0. The highest BCUT2D eigenvalue weighted by Gasteiger charge is 2.05. The summed E-state index contributed by atoms with van der Waals surface area (Å²) in [5.74, 6) is 0. The molecule has 2 rings (SSSR count). The molecule has 1 aromatic heterocycles. The van der Waals surface area contributed by atoms with E-state index in [1.807, 2.05) is 41.2 Å². The highest BCUT2D eigenvalue weighted by Crippen LogP contribution is 1.96. The van der Waals surface area contributed by atoms with E-state index in [-0.39, 0.29) is 12.4 Å². The maximum absolute atomic E-state index is 4.96. The van der Waals surface area contributed by atoms with Crippen LogP contribution in [0.2, 0.25) is 0 Å². The highest BCUT2D eigenvalue weighted by molar-refractivity contribution is 5.20. The number of methoxy groups -OCH3 is 1. The third-order valence-electron chi connectivity index (χ3n) is 1.90. The van der Waals surface area contributed by atoms with Gasteiger partial charge in [-0.25, -0.2) is 4.57 Å². The Morgan fingerprint density at radius 2 is 2.07 bits per heavy atom. The number of nitrogens with zero attached hydrogens (tertiary/aromatic N) is 3. The first-order valence-corrected chi connectivity index (χ1v) is 4.38. The van der Waals surface area contributed by atoms with Gasteiger partial charge in [-0.1, -0.05) is 22.9 Å². The van der Waals surface area contributed by atoms with E-state index in [1.54, 1.807) is 18.1 Å². The lowest BCUT2D eigenvalue weighted by Crippen LogP contribution is -3.00. The number of rotatable bonds is 3. The molecule has 0 aliphatic heterocycles. The fourth-order valence-corrected chi connectivity index (χ4v) is 1.26. The second kappa shape index (κ2) is 5.48. The third-order valence-corrected chi connectivity index (χ3v) is 1.90. The molecule has 0 fully saturated rings. The van der Waals surface area contributed by atoms with Crippen LogP contribution in [0.5, 0.6) is 0 Å². The average Bonchev–Trinajstić information content (AvgIpc) is 2.68. The van der Waals surface area contributed by atoms with E-state index in [9.17, 15) is 0 Å². The predicted octanol–water partition coefficient (Wildman–Crippen LogP) is -2.23. The highest BCUT2D eigenvalue weighted by atomic mass is 35.5. The van der Waals surface area contributed by atoms with Crippen molar-refractivity contribution in [3.05, 3.63) is 43.0 Å². The lowest BCUT2D eigenvalue weighted by Gasteiger charge is -1.93. The number of hydrogen-bond donors (Lipinski definition) is 0. The molecule has 0 amide bonds. The van der Waals surface area contributed by atoms with Gasteiger partial charge >= 0.3 is 0 Å². The average molecular weight is 226 g/mol. The molecule has 0 saturated carbocycles. The van der Waals surface area contributed by atoms with Crippen molar-refractivity contribution in [2.45, 2.75) is 6.73 Å². The number of aromatic nitrogens is 3. The lowest BCUT2D eigenvalue weighted by molar-refractivity contribution is -0.596. The van der Waals surface area contributed by atoms with Gasteiger partial charge in [0.1, 0.15) is 5.69 Å². The Labute approximate surface area is 94.5 Å². The van der Waals surface area contributed by atoms with E-state index < -0.39 is 0 Å². The van der Waals surface area contributed by atoms with E-state index in [2.05, 4.69) is 5.10 Å². The molecule has 15 heavy (non-hydrogen) atoms. The number of para-hydroxylation sites is 1. The largest absolute Gasteiger partial charge is 1.00 e. The van der Waals surface area contributed by atoms with Crippen LogP contribution in [0.3, 0.4) is 0 Å². The quantitative estimate of drug-likeness (QED) is 0.554. The van der Waals surface area contributed by atoms with Crippen LogP contribution in [0.1, 0.15) is 0 Å².